The lowest BCUT2D eigenvalue weighted by Crippen LogP contribution is -2.32. The fraction of sp³-hybridized carbons (Fsp3) is 0.387. The van der Waals surface area contributed by atoms with Gasteiger partial charge in [-0.1, -0.05) is 71.9 Å². The molecule has 0 fully saturated rings. The van der Waals surface area contributed by atoms with Crippen molar-refractivity contribution in [2.75, 3.05) is 0 Å². The van der Waals surface area contributed by atoms with E-state index < -0.39 is 0 Å². The van der Waals surface area contributed by atoms with Crippen LogP contribution in [0.25, 0.3) is 32.8 Å². The molecule has 0 bridgehead atoms. The van der Waals surface area contributed by atoms with E-state index in [-0.39, 0.29) is 23.0 Å². The van der Waals surface area contributed by atoms with E-state index in [4.69, 9.17) is 7.48 Å². The zero-order valence-electron chi connectivity index (χ0n) is 23.2. The lowest BCUT2D eigenvalue weighted by atomic mass is 9.81. The van der Waals surface area contributed by atoms with Gasteiger partial charge in [-0.25, -0.2) is 4.57 Å². The number of nitrogens with zero attached hydrogens (tertiary/aromatic N) is 1. The molecular formula is C31H36NO+. The third-order valence-electron chi connectivity index (χ3n) is 6.52. The van der Waals surface area contributed by atoms with Crippen molar-refractivity contribution in [3.63, 3.8) is 0 Å². The first-order chi connectivity index (χ1) is 16.3. The SMILES string of the molecule is [2H]c1c([2H])[n+](C)c2c3c(cc(CC(C)(C)C)cc13)Oc1c-2c(C)c2ccccc2c1CC(C)(C)C. The minimum atomic E-state index is 0.0760. The smallest absolute Gasteiger partial charge is 0.228 e. The van der Waals surface area contributed by atoms with Gasteiger partial charge in [-0.2, -0.15) is 0 Å². The molecule has 2 heterocycles. The highest BCUT2D eigenvalue weighted by atomic mass is 16.5. The van der Waals surface area contributed by atoms with Crippen molar-refractivity contribution < 1.29 is 12.0 Å². The molecule has 0 radical (unpaired) electrons. The number of aromatic nitrogens is 1. The van der Waals surface area contributed by atoms with Crippen LogP contribution in [0.5, 0.6) is 11.5 Å². The second-order valence-electron chi connectivity index (χ2n) is 12.1. The number of benzene rings is 3. The van der Waals surface area contributed by atoms with Gasteiger partial charge in [-0.15, -0.1) is 0 Å². The largest absolute Gasteiger partial charge is 0.455 e. The lowest BCUT2D eigenvalue weighted by molar-refractivity contribution is -0.659. The summed E-state index contributed by atoms with van der Waals surface area (Å²) < 4.78 is 26.4. The van der Waals surface area contributed by atoms with Crippen molar-refractivity contribution in [1.29, 1.82) is 0 Å². The summed E-state index contributed by atoms with van der Waals surface area (Å²) in [7, 11) is 1.91. The molecule has 1 aliphatic heterocycles. The van der Waals surface area contributed by atoms with Gasteiger partial charge in [-0.3, -0.25) is 0 Å². The molecule has 2 heteroatoms. The maximum Gasteiger partial charge on any atom is 0.228 e. The summed E-state index contributed by atoms with van der Waals surface area (Å²) in [4.78, 5) is 0. The van der Waals surface area contributed by atoms with Crippen molar-refractivity contribution in [1.82, 2.24) is 0 Å². The Balaban J connectivity index is 1.95. The first-order valence-electron chi connectivity index (χ1n) is 12.9. The molecule has 2 nitrogen and oxygen atoms in total. The first-order valence-corrected chi connectivity index (χ1v) is 11.9. The predicted molar refractivity (Wildman–Crippen MR) is 139 cm³/mol. The van der Waals surface area contributed by atoms with Gasteiger partial charge >= 0.3 is 0 Å². The van der Waals surface area contributed by atoms with Crippen LogP contribution < -0.4 is 9.30 Å². The van der Waals surface area contributed by atoms with Gasteiger partial charge < -0.3 is 4.74 Å². The van der Waals surface area contributed by atoms with Gasteiger partial charge in [0.1, 0.15) is 19.9 Å². The maximum absolute atomic E-state index is 8.82. The topological polar surface area (TPSA) is 13.1 Å². The Hall–Kier alpha value is -2.87. The highest BCUT2D eigenvalue weighted by molar-refractivity contribution is 6.06. The molecule has 0 N–H and O–H groups in total. The van der Waals surface area contributed by atoms with Crippen molar-refractivity contribution in [2.24, 2.45) is 17.9 Å². The molecule has 4 aromatic rings. The lowest BCUT2D eigenvalue weighted by Gasteiger charge is -2.28. The van der Waals surface area contributed by atoms with Gasteiger partial charge in [0.2, 0.25) is 5.69 Å². The van der Waals surface area contributed by atoms with Crippen LogP contribution in [0.2, 0.25) is 0 Å². The minimum absolute atomic E-state index is 0.0760. The Morgan fingerprint density at radius 3 is 2.27 bits per heavy atom. The minimum Gasteiger partial charge on any atom is -0.455 e. The molecule has 170 valence electrons. The molecular weight excluding hydrogens is 402 g/mol. The normalized spacial score (nSPS) is 14.2. The molecule has 1 aromatic heterocycles. The number of rotatable bonds is 2. The van der Waals surface area contributed by atoms with E-state index in [1.54, 1.807) is 0 Å². The fourth-order valence-electron chi connectivity index (χ4n) is 5.34. The van der Waals surface area contributed by atoms with E-state index in [0.717, 1.165) is 57.5 Å². The van der Waals surface area contributed by atoms with E-state index in [2.05, 4.69) is 84.9 Å². The summed E-state index contributed by atoms with van der Waals surface area (Å²) >= 11 is 0. The van der Waals surface area contributed by atoms with Crippen LogP contribution in [0, 0.1) is 17.8 Å². The molecule has 0 spiro atoms. The highest BCUT2D eigenvalue weighted by Crippen LogP contribution is 2.51. The molecule has 0 amide bonds. The maximum atomic E-state index is 8.82. The molecule has 3 aromatic carbocycles. The number of fused-ring (bicyclic) bond motifs is 3. The Morgan fingerprint density at radius 1 is 0.939 bits per heavy atom. The van der Waals surface area contributed by atoms with Gasteiger partial charge in [0, 0.05) is 11.6 Å². The zero-order chi connectivity index (χ0) is 25.4. The van der Waals surface area contributed by atoms with E-state index in [0.29, 0.717) is 0 Å². The van der Waals surface area contributed by atoms with Crippen molar-refractivity contribution >= 4 is 21.5 Å². The van der Waals surface area contributed by atoms with Gasteiger partial charge in [0.05, 0.1) is 12.3 Å². The van der Waals surface area contributed by atoms with Crippen LogP contribution in [-0.4, -0.2) is 0 Å². The number of ether oxygens (including phenoxy) is 1. The number of aryl methyl sites for hydroxylation is 1. The average molecular weight is 441 g/mol. The molecule has 0 saturated carbocycles. The monoisotopic (exact) mass is 440 g/mol. The molecule has 1 aliphatic rings. The summed E-state index contributed by atoms with van der Waals surface area (Å²) in [5.41, 5.74) is 5.74. The van der Waals surface area contributed by atoms with E-state index in [1.807, 2.05) is 11.6 Å². The van der Waals surface area contributed by atoms with Crippen LogP contribution in [0.3, 0.4) is 0 Å². The molecule has 0 saturated heterocycles. The highest BCUT2D eigenvalue weighted by Gasteiger charge is 2.34. The molecule has 0 unspecified atom stereocenters. The predicted octanol–water partition coefficient (Wildman–Crippen LogP) is 8.08. The Morgan fingerprint density at radius 2 is 1.61 bits per heavy atom. The zero-order valence-corrected chi connectivity index (χ0v) is 21.2. The quantitative estimate of drug-likeness (QED) is 0.253. The van der Waals surface area contributed by atoms with Crippen molar-refractivity contribution in [3.8, 4) is 22.8 Å². The average Bonchev–Trinajstić information content (AvgIpc) is 2.75. The van der Waals surface area contributed by atoms with E-state index in [1.165, 1.54) is 16.3 Å². The van der Waals surface area contributed by atoms with Crippen LogP contribution in [-0.2, 0) is 19.9 Å². The van der Waals surface area contributed by atoms with Crippen molar-refractivity contribution in [3.05, 3.63) is 65.3 Å². The van der Waals surface area contributed by atoms with Gasteiger partial charge in [0.15, 0.2) is 6.17 Å². The third kappa shape index (κ3) is 3.80. The second-order valence-corrected chi connectivity index (χ2v) is 12.1. The summed E-state index contributed by atoms with van der Waals surface area (Å²) in [6.45, 7) is 15.6. The van der Waals surface area contributed by atoms with Crippen LogP contribution in [0.4, 0.5) is 0 Å². The summed E-state index contributed by atoms with van der Waals surface area (Å²) in [5.74, 6) is 1.71. The Bertz CT molecular complexity index is 1520. The van der Waals surface area contributed by atoms with Crippen LogP contribution in [0.1, 0.15) is 61.0 Å². The summed E-state index contributed by atoms with van der Waals surface area (Å²) in [6.07, 6.45) is 1.98. The Labute approximate surface area is 201 Å². The van der Waals surface area contributed by atoms with E-state index in [9.17, 15) is 0 Å². The standard InChI is InChI=1S/C31H36NO/c1-19-22-11-9-10-12-23(22)24(18-31(5,6)7)29-26(19)28-27-21(13-14-32(28)8)15-20(16-25(27)33-29)17-30(2,3)4/h9-16H,17-18H2,1-8H3/q+1/i13D,14D. The fourth-order valence-corrected chi connectivity index (χ4v) is 5.34. The summed E-state index contributed by atoms with van der Waals surface area (Å²) in [5, 5.41) is 4.20. The molecule has 33 heavy (non-hydrogen) atoms. The van der Waals surface area contributed by atoms with Crippen LogP contribution in [0.15, 0.2) is 48.6 Å². The third-order valence-corrected chi connectivity index (χ3v) is 6.52. The summed E-state index contributed by atoms with van der Waals surface area (Å²) in [6, 6.07) is 13.1. The van der Waals surface area contributed by atoms with Gasteiger partial charge in [0.25, 0.3) is 0 Å². The molecule has 0 atom stereocenters. The van der Waals surface area contributed by atoms with Crippen molar-refractivity contribution in [2.45, 2.75) is 61.3 Å². The number of hydrogen-bond donors (Lipinski definition) is 0. The van der Waals surface area contributed by atoms with Gasteiger partial charge in [-0.05, 0) is 63.9 Å². The number of pyridine rings is 1. The number of hydrogen-bond acceptors (Lipinski definition) is 1. The molecule has 0 aliphatic carbocycles. The van der Waals surface area contributed by atoms with Crippen LogP contribution >= 0.6 is 0 Å². The first kappa shape index (κ1) is 19.6. The molecule has 5 rings (SSSR count). The second kappa shape index (κ2) is 7.32. The Kier molecular flexibility index (Phi) is 4.34. The van der Waals surface area contributed by atoms with E-state index >= 15 is 0 Å².